The summed E-state index contributed by atoms with van der Waals surface area (Å²) in [6, 6.07) is 5.02. The number of carbonyl (C=O) groups excluding carboxylic acids is 1. The Bertz CT molecular complexity index is 1800. The molecule has 232 valence electrons. The minimum Gasteiger partial charge on any atom is -0.508 e. The number of aromatic hydroxyl groups is 8. The first-order chi connectivity index (χ1) is 20.7. The van der Waals surface area contributed by atoms with Crippen molar-refractivity contribution in [3.63, 3.8) is 0 Å². The zero-order valence-corrected chi connectivity index (χ0v) is 22.3. The molecule has 0 amide bonds. The molecule has 0 bridgehead atoms. The number of hydrogen-bond acceptors (Lipinski definition) is 16. The van der Waals surface area contributed by atoms with Gasteiger partial charge in [0.2, 0.25) is 17.5 Å². The smallest absolute Gasteiger partial charge is 0.339 e. The number of esters is 1. The van der Waals surface area contributed by atoms with Gasteiger partial charge in [-0.25, -0.2) is 4.79 Å². The molecule has 1 aliphatic rings. The Labute approximate surface area is 244 Å². The SMILES string of the molecule is C[C@H]1O[C@@H](Oc2c(-c3cc(O)c(O)c(O)c3)oc3cc(O)cc(O)c3c2=O)[C@@H](OC(=O)c2cc(O)c(O)c(O)c2)[C@@H](O)[C@@H]1O. The fourth-order valence-electron chi connectivity index (χ4n) is 4.55. The second kappa shape index (κ2) is 10.9. The van der Waals surface area contributed by atoms with Gasteiger partial charge in [0.25, 0.3) is 0 Å². The normalized spacial score (nSPS) is 21.7. The lowest BCUT2D eigenvalue weighted by Gasteiger charge is -2.40. The molecule has 5 rings (SSSR count). The summed E-state index contributed by atoms with van der Waals surface area (Å²) in [7, 11) is 0. The fraction of sp³-hybridized carbons (Fsp3) is 0.214. The number of benzene rings is 3. The molecule has 3 aromatic carbocycles. The van der Waals surface area contributed by atoms with E-state index in [0.29, 0.717) is 0 Å². The molecule has 16 heteroatoms. The van der Waals surface area contributed by atoms with Crippen LogP contribution in [0, 0.1) is 0 Å². The van der Waals surface area contributed by atoms with E-state index in [1.165, 1.54) is 6.92 Å². The number of fused-ring (bicyclic) bond motifs is 1. The summed E-state index contributed by atoms with van der Waals surface area (Å²) in [5.41, 5.74) is -2.28. The first-order valence-corrected chi connectivity index (χ1v) is 12.6. The second-order valence-electron chi connectivity index (χ2n) is 9.83. The quantitative estimate of drug-likeness (QED) is 0.111. The van der Waals surface area contributed by atoms with Crippen LogP contribution in [0.3, 0.4) is 0 Å². The van der Waals surface area contributed by atoms with Gasteiger partial charge in [-0.1, -0.05) is 0 Å². The van der Waals surface area contributed by atoms with E-state index in [-0.39, 0.29) is 11.1 Å². The van der Waals surface area contributed by atoms with Crippen LogP contribution in [-0.4, -0.2) is 87.7 Å². The van der Waals surface area contributed by atoms with Gasteiger partial charge in [-0.2, -0.15) is 0 Å². The van der Waals surface area contributed by atoms with Crippen molar-refractivity contribution in [1.82, 2.24) is 0 Å². The molecule has 0 saturated carbocycles. The molecule has 1 saturated heterocycles. The number of carbonyl (C=O) groups is 1. The minimum absolute atomic E-state index is 0.275. The van der Waals surface area contributed by atoms with Crippen LogP contribution in [0.2, 0.25) is 0 Å². The molecule has 1 fully saturated rings. The lowest BCUT2D eigenvalue weighted by atomic mass is 9.99. The van der Waals surface area contributed by atoms with Crippen molar-refractivity contribution in [3.8, 4) is 63.1 Å². The summed E-state index contributed by atoms with van der Waals surface area (Å²) in [5.74, 6) is -9.22. The monoisotopic (exact) mass is 616 g/mol. The van der Waals surface area contributed by atoms with Crippen molar-refractivity contribution >= 4 is 16.9 Å². The van der Waals surface area contributed by atoms with Crippen LogP contribution in [0.1, 0.15) is 17.3 Å². The minimum atomic E-state index is -1.93. The van der Waals surface area contributed by atoms with Gasteiger partial charge in [-0.15, -0.1) is 0 Å². The molecule has 1 aromatic heterocycles. The van der Waals surface area contributed by atoms with Crippen LogP contribution in [0.25, 0.3) is 22.3 Å². The van der Waals surface area contributed by atoms with E-state index < -0.39 is 111 Å². The summed E-state index contributed by atoms with van der Waals surface area (Å²) in [6.45, 7) is 1.31. The van der Waals surface area contributed by atoms with Crippen molar-refractivity contribution < 1.29 is 74.5 Å². The second-order valence-corrected chi connectivity index (χ2v) is 9.83. The highest BCUT2D eigenvalue weighted by molar-refractivity contribution is 5.91. The summed E-state index contributed by atoms with van der Waals surface area (Å²) in [4.78, 5) is 26.6. The van der Waals surface area contributed by atoms with E-state index in [9.17, 15) is 60.7 Å². The van der Waals surface area contributed by atoms with Crippen LogP contribution in [0.15, 0.2) is 45.6 Å². The van der Waals surface area contributed by atoms with Crippen LogP contribution < -0.4 is 10.2 Å². The maximum Gasteiger partial charge on any atom is 0.339 e. The van der Waals surface area contributed by atoms with Crippen molar-refractivity contribution in [1.29, 1.82) is 0 Å². The molecule has 0 spiro atoms. The number of ether oxygens (including phenoxy) is 3. The van der Waals surface area contributed by atoms with Crippen LogP contribution in [0.4, 0.5) is 0 Å². The number of aliphatic hydroxyl groups excluding tert-OH is 2. The third-order valence-electron chi connectivity index (χ3n) is 6.82. The number of rotatable bonds is 5. The van der Waals surface area contributed by atoms with E-state index >= 15 is 0 Å². The lowest BCUT2D eigenvalue weighted by molar-refractivity contribution is -0.267. The zero-order valence-electron chi connectivity index (χ0n) is 22.3. The summed E-state index contributed by atoms with van der Waals surface area (Å²) >= 11 is 0. The maximum atomic E-state index is 13.7. The molecule has 1 aliphatic heterocycles. The average Bonchev–Trinajstić information content (AvgIpc) is 2.95. The van der Waals surface area contributed by atoms with Gasteiger partial charge in [0.1, 0.15) is 34.7 Å². The summed E-state index contributed by atoms with van der Waals surface area (Å²) in [5, 5.41) is 100. The third kappa shape index (κ3) is 5.13. The Kier molecular flexibility index (Phi) is 7.42. The molecule has 44 heavy (non-hydrogen) atoms. The Morgan fingerprint density at radius 1 is 0.773 bits per heavy atom. The van der Waals surface area contributed by atoms with Gasteiger partial charge in [0.05, 0.1) is 11.7 Å². The van der Waals surface area contributed by atoms with E-state index in [1.54, 1.807) is 0 Å². The third-order valence-corrected chi connectivity index (χ3v) is 6.82. The van der Waals surface area contributed by atoms with Crippen molar-refractivity contribution in [2.24, 2.45) is 0 Å². The number of aliphatic hydroxyl groups is 2. The van der Waals surface area contributed by atoms with Gasteiger partial charge < -0.3 is 69.7 Å². The molecule has 0 radical (unpaired) electrons. The highest BCUT2D eigenvalue weighted by atomic mass is 16.7. The molecule has 16 nitrogen and oxygen atoms in total. The first-order valence-electron chi connectivity index (χ1n) is 12.6. The maximum absolute atomic E-state index is 13.7. The van der Waals surface area contributed by atoms with Gasteiger partial charge in [-0.3, -0.25) is 4.79 Å². The largest absolute Gasteiger partial charge is 0.508 e. The predicted molar refractivity (Wildman–Crippen MR) is 144 cm³/mol. The number of hydrogen-bond donors (Lipinski definition) is 10. The Morgan fingerprint density at radius 2 is 1.34 bits per heavy atom. The zero-order chi connectivity index (χ0) is 32.2. The van der Waals surface area contributed by atoms with Crippen LogP contribution in [0.5, 0.6) is 51.7 Å². The summed E-state index contributed by atoms with van der Waals surface area (Å²) in [6.07, 6.45) is -8.63. The van der Waals surface area contributed by atoms with E-state index in [4.69, 9.17) is 18.6 Å². The highest BCUT2D eigenvalue weighted by Crippen LogP contribution is 2.43. The van der Waals surface area contributed by atoms with E-state index in [2.05, 4.69) is 0 Å². The van der Waals surface area contributed by atoms with E-state index in [1.807, 2.05) is 0 Å². The molecule has 4 aromatic rings. The molecule has 0 aliphatic carbocycles. The molecule has 0 unspecified atom stereocenters. The molecular formula is C28H24O16. The van der Waals surface area contributed by atoms with Gasteiger partial charge in [0.15, 0.2) is 46.4 Å². The molecule has 10 N–H and O–H groups in total. The predicted octanol–water partition coefficient (Wildman–Crippen LogP) is 1.18. The highest BCUT2D eigenvalue weighted by Gasteiger charge is 2.47. The average molecular weight is 616 g/mol. The fourth-order valence-corrected chi connectivity index (χ4v) is 4.55. The molecular weight excluding hydrogens is 592 g/mol. The first kappa shape index (κ1) is 29.9. The van der Waals surface area contributed by atoms with Crippen molar-refractivity contribution in [3.05, 3.63) is 52.2 Å². The lowest BCUT2D eigenvalue weighted by Crippen LogP contribution is -2.60. The molecule has 5 atom stereocenters. The number of phenols is 8. The Hall–Kier alpha value is -5.58. The topological polar surface area (TPSA) is 277 Å². The van der Waals surface area contributed by atoms with E-state index in [0.717, 1.165) is 36.4 Å². The Morgan fingerprint density at radius 3 is 1.93 bits per heavy atom. The van der Waals surface area contributed by atoms with Crippen molar-refractivity contribution in [2.45, 2.75) is 37.6 Å². The van der Waals surface area contributed by atoms with Crippen LogP contribution >= 0.6 is 0 Å². The number of phenolic OH excluding ortho intramolecular Hbond substituents is 8. The van der Waals surface area contributed by atoms with Crippen molar-refractivity contribution in [2.75, 3.05) is 0 Å². The summed E-state index contributed by atoms with van der Waals surface area (Å²) < 4.78 is 22.3. The molecule has 2 heterocycles. The van der Waals surface area contributed by atoms with Gasteiger partial charge in [-0.05, 0) is 31.2 Å². The van der Waals surface area contributed by atoms with Gasteiger partial charge in [0, 0.05) is 17.7 Å². The standard InChI is InChI=1S/C28H24O16/c1-8-19(35)23(39)26(43-27(40)10-4-15(33)21(37)16(34)5-10)28(41-8)44-25-22(38)18-12(30)6-11(29)7-17(18)42-24(25)9-2-13(31)20(36)14(32)3-9/h2-8,19,23,26,28-37,39H,1H3/t8-,19-,23+,26+,28+/m1/s1. The Balaban J connectivity index is 1.64. The van der Waals surface area contributed by atoms with Gasteiger partial charge >= 0.3 is 5.97 Å². The van der Waals surface area contributed by atoms with Crippen LogP contribution in [-0.2, 0) is 9.47 Å².